The van der Waals surface area contributed by atoms with E-state index in [0.717, 1.165) is 25.9 Å². The molecule has 0 aromatic heterocycles. The van der Waals surface area contributed by atoms with Gasteiger partial charge in [-0.15, -0.1) is 0 Å². The Morgan fingerprint density at radius 1 is 1.54 bits per heavy atom. The van der Waals surface area contributed by atoms with Crippen molar-refractivity contribution in [3.8, 4) is 0 Å². The molecule has 0 radical (unpaired) electrons. The normalized spacial score (nSPS) is 35.5. The molecule has 0 aromatic rings. The molecule has 4 nitrogen and oxygen atoms in total. The molecule has 0 aliphatic carbocycles. The van der Waals surface area contributed by atoms with Crippen LogP contribution in [-0.4, -0.2) is 47.7 Å². The molecule has 1 amide bonds. The number of aliphatic hydroxyl groups excluding tert-OH is 1. The zero-order chi connectivity index (χ0) is 9.26. The summed E-state index contributed by atoms with van der Waals surface area (Å²) in [4.78, 5) is 13.3. The number of likely N-dealkylation sites (tertiary alicyclic amines) is 1. The van der Waals surface area contributed by atoms with Crippen LogP contribution in [0.25, 0.3) is 0 Å². The molecule has 13 heavy (non-hydrogen) atoms. The quantitative estimate of drug-likeness (QED) is 0.568. The van der Waals surface area contributed by atoms with Crippen LogP contribution in [0.4, 0.5) is 0 Å². The van der Waals surface area contributed by atoms with Crippen molar-refractivity contribution < 1.29 is 9.90 Å². The van der Waals surface area contributed by atoms with Crippen LogP contribution >= 0.6 is 0 Å². The zero-order valence-corrected chi connectivity index (χ0v) is 7.70. The van der Waals surface area contributed by atoms with Gasteiger partial charge in [0.2, 0.25) is 5.91 Å². The van der Waals surface area contributed by atoms with Gasteiger partial charge in [0.1, 0.15) is 0 Å². The first-order valence-corrected chi connectivity index (χ1v) is 4.95. The summed E-state index contributed by atoms with van der Waals surface area (Å²) in [6, 6.07) is 0.318. The number of amides is 1. The topological polar surface area (TPSA) is 52.6 Å². The first-order valence-electron chi connectivity index (χ1n) is 4.95. The smallest absolute Gasteiger partial charge is 0.225 e. The highest BCUT2D eigenvalue weighted by molar-refractivity contribution is 5.79. The average molecular weight is 184 g/mol. The summed E-state index contributed by atoms with van der Waals surface area (Å²) in [5, 5.41) is 12.6. The van der Waals surface area contributed by atoms with E-state index in [1.165, 1.54) is 0 Å². The number of β-amino-alcohol motifs (C(OH)–C–C–N with tert-alkyl or cyclic N) is 1. The third kappa shape index (κ3) is 1.84. The van der Waals surface area contributed by atoms with Crippen molar-refractivity contribution >= 4 is 5.91 Å². The van der Waals surface area contributed by atoms with Gasteiger partial charge in [-0.3, -0.25) is 4.79 Å². The lowest BCUT2D eigenvalue weighted by atomic mass is 10.1. The van der Waals surface area contributed by atoms with Gasteiger partial charge in [-0.25, -0.2) is 0 Å². The molecule has 2 atom stereocenters. The Morgan fingerprint density at radius 3 is 2.92 bits per heavy atom. The fourth-order valence-electron chi connectivity index (χ4n) is 2.16. The maximum atomic E-state index is 11.4. The van der Waals surface area contributed by atoms with E-state index >= 15 is 0 Å². The molecular formula is C9H16N2O2. The Labute approximate surface area is 77.9 Å². The summed E-state index contributed by atoms with van der Waals surface area (Å²) in [5.74, 6) is 0.112. The van der Waals surface area contributed by atoms with Crippen LogP contribution in [0.15, 0.2) is 0 Å². The second-order valence-corrected chi connectivity index (χ2v) is 3.90. The van der Waals surface area contributed by atoms with Gasteiger partial charge in [-0.05, 0) is 19.4 Å². The summed E-state index contributed by atoms with van der Waals surface area (Å²) in [7, 11) is 0. The highest BCUT2D eigenvalue weighted by Crippen LogP contribution is 2.18. The molecule has 0 bridgehead atoms. The third-order valence-corrected chi connectivity index (χ3v) is 2.85. The number of hydrogen-bond donors (Lipinski definition) is 2. The number of rotatable bonds is 1. The molecule has 2 heterocycles. The minimum absolute atomic E-state index is 0.112. The summed E-state index contributed by atoms with van der Waals surface area (Å²) in [6.07, 6.45) is 2.08. The maximum Gasteiger partial charge on any atom is 0.225 e. The Balaban J connectivity index is 1.95. The minimum atomic E-state index is -0.436. The van der Waals surface area contributed by atoms with Crippen LogP contribution < -0.4 is 5.32 Å². The second-order valence-electron chi connectivity index (χ2n) is 3.90. The summed E-state index contributed by atoms with van der Waals surface area (Å²) in [5.41, 5.74) is 0. The summed E-state index contributed by atoms with van der Waals surface area (Å²) in [6.45, 7) is 2.48. The van der Waals surface area contributed by atoms with Gasteiger partial charge in [0.05, 0.1) is 12.5 Å². The summed E-state index contributed by atoms with van der Waals surface area (Å²) >= 11 is 0. The van der Waals surface area contributed by atoms with E-state index in [2.05, 4.69) is 5.32 Å². The van der Waals surface area contributed by atoms with E-state index in [1.807, 2.05) is 4.90 Å². The van der Waals surface area contributed by atoms with Crippen molar-refractivity contribution in [3.05, 3.63) is 0 Å². The molecule has 4 heteroatoms. The first-order chi connectivity index (χ1) is 6.27. The van der Waals surface area contributed by atoms with Crippen LogP contribution in [0, 0.1) is 0 Å². The fourth-order valence-corrected chi connectivity index (χ4v) is 2.16. The van der Waals surface area contributed by atoms with Crippen molar-refractivity contribution in [1.29, 1.82) is 0 Å². The molecule has 2 N–H and O–H groups in total. The van der Waals surface area contributed by atoms with E-state index in [9.17, 15) is 9.90 Å². The van der Waals surface area contributed by atoms with Gasteiger partial charge in [0.25, 0.3) is 0 Å². The highest BCUT2D eigenvalue weighted by Gasteiger charge is 2.33. The third-order valence-electron chi connectivity index (χ3n) is 2.85. The van der Waals surface area contributed by atoms with Crippen LogP contribution in [0.5, 0.6) is 0 Å². The van der Waals surface area contributed by atoms with E-state index in [1.54, 1.807) is 0 Å². The number of nitrogens with one attached hydrogen (secondary N) is 1. The molecule has 2 fully saturated rings. The Bertz CT molecular complexity index is 202. The van der Waals surface area contributed by atoms with Crippen molar-refractivity contribution in [1.82, 2.24) is 10.2 Å². The summed E-state index contributed by atoms with van der Waals surface area (Å²) < 4.78 is 0. The highest BCUT2D eigenvalue weighted by atomic mass is 16.3. The van der Waals surface area contributed by atoms with Crippen LogP contribution in [0.3, 0.4) is 0 Å². The van der Waals surface area contributed by atoms with E-state index in [0.29, 0.717) is 19.0 Å². The standard InChI is InChI=1S/C9H16N2O2/c12-8-4-9(13)11(6-8)7-2-1-3-10-5-7/h7-8,10,12H,1-6H2/t7-,8?/m1/s1. The van der Waals surface area contributed by atoms with Crippen molar-refractivity contribution in [2.24, 2.45) is 0 Å². The van der Waals surface area contributed by atoms with Crippen molar-refractivity contribution in [2.75, 3.05) is 19.6 Å². The van der Waals surface area contributed by atoms with Gasteiger partial charge >= 0.3 is 0 Å². The Morgan fingerprint density at radius 2 is 2.38 bits per heavy atom. The molecule has 0 aromatic carbocycles. The predicted octanol–water partition coefficient (Wildman–Crippen LogP) is -0.668. The monoisotopic (exact) mass is 184 g/mol. The van der Waals surface area contributed by atoms with Crippen LogP contribution in [-0.2, 0) is 4.79 Å². The predicted molar refractivity (Wildman–Crippen MR) is 48.2 cm³/mol. The van der Waals surface area contributed by atoms with Gasteiger partial charge in [0.15, 0.2) is 0 Å². The lowest BCUT2D eigenvalue weighted by Crippen LogP contribution is -2.46. The minimum Gasteiger partial charge on any atom is -0.391 e. The van der Waals surface area contributed by atoms with Crippen molar-refractivity contribution in [2.45, 2.75) is 31.4 Å². The molecule has 74 valence electrons. The van der Waals surface area contributed by atoms with Gasteiger partial charge in [-0.2, -0.15) is 0 Å². The lowest BCUT2D eigenvalue weighted by Gasteiger charge is -2.31. The SMILES string of the molecule is O=C1CC(O)CN1[C@@H]1CCCNC1. The first kappa shape index (κ1) is 8.97. The zero-order valence-electron chi connectivity index (χ0n) is 7.70. The largest absolute Gasteiger partial charge is 0.391 e. The molecular weight excluding hydrogens is 168 g/mol. The molecule has 2 aliphatic rings. The average Bonchev–Trinajstić information content (AvgIpc) is 2.47. The molecule has 2 saturated heterocycles. The lowest BCUT2D eigenvalue weighted by molar-refractivity contribution is -0.130. The molecule has 0 saturated carbocycles. The van der Waals surface area contributed by atoms with Gasteiger partial charge in [0, 0.05) is 19.1 Å². The number of carbonyl (C=O) groups excluding carboxylic acids is 1. The Hall–Kier alpha value is -0.610. The molecule has 2 rings (SSSR count). The van der Waals surface area contributed by atoms with Gasteiger partial charge < -0.3 is 15.3 Å². The second kappa shape index (κ2) is 3.64. The number of aliphatic hydroxyl groups is 1. The molecule has 0 spiro atoms. The van der Waals surface area contributed by atoms with Gasteiger partial charge in [-0.1, -0.05) is 0 Å². The van der Waals surface area contributed by atoms with E-state index in [4.69, 9.17) is 0 Å². The Kier molecular flexibility index (Phi) is 2.51. The molecule has 1 unspecified atom stereocenters. The van der Waals surface area contributed by atoms with Crippen LogP contribution in [0.1, 0.15) is 19.3 Å². The van der Waals surface area contributed by atoms with E-state index < -0.39 is 6.10 Å². The number of nitrogens with zero attached hydrogens (tertiary/aromatic N) is 1. The maximum absolute atomic E-state index is 11.4. The number of carbonyl (C=O) groups is 1. The van der Waals surface area contributed by atoms with Crippen molar-refractivity contribution in [3.63, 3.8) is 0 Å². The van der Waals surface area contributed by atoms with Crippen LogP contribution in [0.2, 0.25) is 0 Å². The number of hydrogen-bond acceptors (Lipinski definition) is 3. The number of piperidine rings is 1. The molecule has 2 aliphatic heterocycles. The fraction of sp³-hybridized carbons (Fsp3) is 0.889. The van der Waals surface area contributed by atoms with E-state index in [-0.39, 0.29) is 5.91 Å².